The van der Waals surface area contributed by atoms with E-state index in [2.05, 4.69) is 0 Å². The lowest BCUT2D eigenvalue weighted by molar-refractivity contribution is -0.156. The number of phenolic OH excluding ortho intramolecular Hbond substituents is 1. The van der Waals surface area contributed by atoms with Crippen LogP contribution in [0.25, 0.3) is 10.9 Å². The summed E-state index contributed by atoms with van der Waals surface area (Å²) < 4.78 is 34.5. The maximum Gasteiger partial charge on any atom is 0.313 e. The van der Waals surface area contributed by atoms with Gasteiger partial charge in [0.15, 0.2) is 11.6 Å². The van der Waals surface area contributed by atoms with Gasteiger partial charge in [0.05, 0.1) is 11.4 Å². The molecule has 1 N–H and O–H groups in total. The summed E-state index contributed by atoms with van der Waals surface area (Å²) in [6.07, 6.45) is 0. The lowest BCUT2D eigenvalue weighted by Gasteiger charge is -2.22. The van der Waals surface area contributed by atoms with Crippen LogP contribution in [0.4, 0.5) is 8.78 Å². The van der Waals surface area contributed by atoms with Crippen molar-refractivity contribution in [2.75, 3.05) is 0 Å². The molecule has 0 aliphatic heterocycles. The molecule has 1 aromatic heterocycles. The highest BCUT2D eigenvalue weighted by Gasteiger charge is 2.30. The Labute approximate surface area is 172 Å². The van der Waals surface area contributed by atoms with Crippen molar-refractivity contribution in [3.8, 4) is 5.75 Å². The normalized spacial score (nSPS) is 12.8. The monoisotopic (exact) mass is 415 g/mol. The van der Waals surface area contributed by atoms with Gasteiger partial charge in [-0.1, -0.05) is 6.07 Å². The fourth-order valence-electron chi connectivity index (χ4n) is 3.52. The van der Waals surface area contributed by atoms with Gasteiger partial charge in [0, 0.05) is 22.7 Å². The zero-order valence-corrected chi connectivity index (χ0v) is 17.4. The van der Waals surface area contributed by atoms with Gasteiger partial charge in [-0.05, 0) is 64.4 Å². The summed E-state index contributed by atoms with van der Waals surface area (Å²) in [4.78, 5) is 25.9. The Bertz CT molecular complexity index is 1160. The van der Waals surface area contributed by atoms with E-state index in [0.29, 0.717) is 16.6 Å². The summed E-state index contributed by atoms with van der Waals surface area (Å²) in [5.41, 5.74) is 0.327. The van der Waals surface area contributed by atoms with Crippen LogP contribution in [0, 0.1) is 18.6 Å². The first-order valence-electron chi connectivity index (χ1n) is 9.47. The molecule has 0 spiro atoms. The van der Waals surface area contributed by atoms with Crippen LogP contribution in [-0.4, -0.2) is 27.2 Å². The van der Waals surface area contributed by atoms with E-state index in [1.54, 1.807) is 34.6 Å². The number of ether oxygens (including phenoxy) is 1. The number of hydrogen-bond donors (Lipinski definition) is 1. The van der Waals surface area contributed by atoms with E-state index in [1.165, 1.54) is 28.8 Å². The Morgan fingerprint density at radius 2 is 1.80 bits per heavy atom. The van der Waals surface area contributed by atoms with Crippen molar-refractivity contribution < 1.29 is 28.2 Å². The van der Waals surface area contributed by atoms with E-state index < -0.39 is 40.8 Å². The van der Waals surface area contributed by atoms with Crippen LogP contribution < -0.4 is 0 Å². The standard InChI is InChI=1S/C23H23F2NO4/c1-12(22(29)30-23(3,4)5)20-13(2)26(18-11-17(25)19(27)10-16(18)20)21(28)14-7-6-8-15(24)9-14/h6-12,27H,1-5H3. The van der Waals surface area contributed by atoms with Crippen molar-refractivity contribution >= 4 is 22.8 Å². The average Bonchev–Trinajstić information content (AvgIpc) is 2.90. The molecule has 30 heavy (non-hydrogen) atoms. The third-order valence-corrected chi connectivity index (χ3v) is 4.79. The summed E-state index contributed by atoms with van der Waals surface area (Å²) in [6, 6.07) is 7.36. The predicted molar refractivity (Wildman–Crippen MR) is 109 cm³/mol. The highest BCUT2D eigenvalue weighted by molar-refractivity contribution is 6.05. The Hall–Kier alpha value is -3.22. The third kappa shape index (κ3) is 3.92. The zero-order valence-electron chi connectivity index (χ0n) is 17.4. The topological polar surface area (TPSA) is 68.5 Å². The molecule has 0 aliphatic carbocycles. The number of carbonyl (C=O) groups is 2. The fraction of sp³-hybridized carbons (Fsp3) is 0.304. The lowest BCUT2D eigenvalue weighted by atomic mass is 9.97. The molecule has 7 heteroatoms. The van der Waals surface area contributed by atoms with Crippen LogP contribution in [0.3, 0.4) is 0 Å². The summed E-state index contributed by atoms with van der Waals surface area (Å²) in [5.74, 6) is -3.99. The second-order valence-electron chi connectivity index (χ2n) is 8.23. The van der Waals surface area contributed by atoms with Crippen molar-refractivity contribution in [1.29, 1.82) is 0 Å². The van der Waals surface area contributed by atoms with E-state index in [9.17, 15) is 23.5 Å². The first kappa shape index (κ1) is 21.5. The van der Waals surface area contributed by atoms with E-state index in [-0.39, 0.29) is 11.1 Å². The number of hydrogen-bond acceptors (Lipinski definition) is 4. The van der Waals surface area contributed by atoms with Gasteiger partial charge in [-0.25, -0.2) is 8.78 Å². The fourth-order valence-corrected chi connectivity index (χ4v) is 3.52. The molecule has 5 nitrogen and oxygen atoms in total. The molecule has 0 saturated heterocycles. The molecule has 0 radical (unpaired) electrons. The molecule has 1 heterocycles. The Morgan fingerprint density at radius 1 is 1.13 bits per heavy atom. The van der Waals surface area contributed by atoms with E-state index >= 15 is 0 Å². The summed E-state index contributed by atoms with van der Waals surface area (Å²) in [5, 5.41) is 10.2. The van der Waals surface area contributed by atoms with Crippen LogP contribution >= 0.6 is 0 Å². The smallest absolute Gasteiger partial charge is 0.313 e. The Morgan fingerprint density at radius 3 is 2.40 bits per heavy atom. The number of benzene rings is 2. The van der Waals surface area contributed by atoms with Crippen molar-refractivity contribution in [2.45, 2.75) is 46.1 Å². The van der Waals surface area contributed by atoms with Crippen molar-refractivity contribution in [3.63, 3.8) is 0 Å². The van der Waals surface area contributed by atoms with Crippen LogP contribution in [0.15, 0.2) is 36.4 Å². The maximum absolute atomic E-state index is 14.2. The third-order valence-electron chi connectivity index (χ3n) is 4.79. The molecular formula is C23H23F2NO4. The summed E-state index contributed by atoms with van der Waals surface area (Å²) >= 11 is 0. The molecule has 0 aliphatic rings. The lowest BCUT2D eigenvalue weighted by Crippen LogP contribution is -2.27. The van der Waals surface area contributed by atoms with Crippen molar-refractivity contribution in [1.82, 2.24) is 4.57 Å². The van der Waals surface area contributed by atoms with Gasteiger partial charge in [0.25, 0.3) is 5.91 Å². The molecule has 3 rings (SSSR count). The second-order valence-corrected chi connectivity index (χ2v) is 8.23. The zero-order chi connectivity index (χ0) is 22.4. The van der Waals surface area contributed by atoms with Crippen LogP contribution in [0.1, 0.15) is 55.2 Å². The van der Waals surface area contributed by atoms with Gasteiger partial charge in [-0.2, -0.15) is 0 Å². The molecule has 0 amide bonds. The SMILES string of the molecule is Cc1c(C(C)C(=O)OC(C)(C)C)c2cc(O)c(F)cc2n1C(=O)c1cccc(F)c1. The molecular weight excluding hydrogens is 392 g/mol. The van der Waals surface area contributed by atoms with Crippen molar-refractivity contribution in [2.24, 2.45) is 0 Å². The number of esters is 1. The van der Waals surface area contributed by atoms with Gasteiger partial charge < -0.3 is 9.84 Å². The molecule has 1 atom stereocenters. The summed E-state index contributed by atoms with van der Waals surface area (Å²) in [7, 11) is 0. The molecule has 1 unspecified atom stereocenters. The number of nitrogens with zero attached hydrogens (tertiary/aromatic N) is 1. The average molecular weight is 415 g/mol. The highest BCUT2D eigenvalue weighted by atomic mass is 19.1. The Kier molecular flexibility index (Phi) is 5.41. The number of aromatic nitrogens is 1. The number of carbonyl (C=O) groups excluding carboxylic acids is 2. The van der Waals surface area contributed by atoms with E-state index in [4.69, 9.17) is 4.74 Å². The number of fused-ring (bicyclic) bond motifs is 1. The van der Waals surface area contributed by atoms with Crippen molar-refractivity contribution in [3.05, 3.63) is 64.9 Å². The minimum Gasteiger partial charge on any atom is -0.505 e. The van der Waals surface area contributed by atoms with E-state index in [0.717, 1.165) is 12.1 Å². The molecule has 2 aromatic carbocycles. The summed E-state index contributed by atoms with van der Waals surface area (Å²) in [6.45, 7) is 8.45. The first-order valence-corrected chi connectivity index (χ1v) is 9.47. The highest BCUT2D eigenvalue weighted by Crippen LogP contribution is 2.36. The first-order chi connectivity index (χ1) is 13.9. The molecule has 0 fully saturated rings. The van der Waals surface area contributed by atoms with Gasteiger partial charge in [0.2, 0.25) is 0 Å². The minimum absolute atomic E-state index is 0.0694. The number of phenols is 1. The maximum atomic E-state index is 14.2. The predicted octanol–water partition coefficient (Wildman–Crippen LogP) is 5.07. The van der Waals surface area contributed by atoms with E-state index in [1.807, 2.05) is 0 Å². The number of aromatic hydroxyl groups is 1. The quantitative estimate of drug-likeness (QED) is 0.607. The van der Waals surface area contributed by atoms with Gasteiger partial charge >= 0.3 is 5.97 Å². The number of rotatable bonds is 3. The van der Waals surface area contributed by atoms with Crippen LogP contribution in [0.5, 0.6) is 5.75 Å². The van der Waals surface area contributed by atoms with Crippen LogP contribution in [-0.2, 0) is 9.53 Å². The van der Waals surface area contributed by atoms with Gasteiger partial charge in [0.1, 0.15) is 11.4 Å². The second kappa shape index (κ2) is 7.55. The molecule has 3 aromatic rings. The van der Waals surface area contributed by atoms with Gasteiger partial charge in [-0.15, -0.1) is 0 Å². The molecule has 0 bridgehead atoms. The largest absolute Gasteiger partial charge is 0.505 e. The molecule has 0 saturated carbocycles. The van der Waals surface area contributed by atoms with Gasteiger partial charge in [-0.3, -0.25) is 14.2 Å². The van der Waals surface area contributed by atoms with Crippen LogP contribution in [0.2, 0.25) is 0 Å². The Balaban J connectivity index is 2.24. The number of halogens is 2. The minimum atomic E-state index is -0.912. The molecule has 158 valence electrons.